The first kappa shape index (κ1) is 14.1. The first-order valence-corrected chi connectivity index (χ1v) is 9.16. The molecule has 0 aliphatic carbocycles. The summed E-state index contributed by atoms with van der Waals surface area (Å²) >= 11 is 0. The van der Waals surface area contributed by atoms with Crippen LogP contribution in [0.15, 0.2) is 0 Å². The molecule has 0 aromatic rings. The average Bonchev–Trinajstić information content (AvgIpc) is 2.16. The maximum absolute atomic E-state index is 3.28. The van der Waals surface area contributed by atoms with Crippen molar-refractivity contribution >= 4 is 8.07 Å². The van der Waals surface area contributed by atoms with Gasteiger partial charge in [-0.1, -0.05) is 26.4 Å². The molecule has 3 heteroatoms. The average molecular weight is 216 g/mol. The van der Waals surface area contributed by atoms with E-state index in [2.05, 4.69) is 44.7 Å². The summed E-state index contributed by atoms with van der Waals surface area (Å²) in [5.41, 5.74) is 0.975. The Morgan fingerprint density at radius 2 is 1.64 bits per heavy atom. The molecule has 14 heavy (non-hydrogen) atoms. The van der Waals surface area contributed by atoms with Crippen molar-refractivity contribution in [3.63, 3.8) is 0 Å². The predicted molar refractivity (Wildman–Crippen MR) is 68.8 cm³/mol. The Labute approximate surface area is 90.9 Å². The second kappa shape index (κ2) is 7.43. The first-order chi connectivity index (χ1) is 6.58. The first-order valence-electron chi connectivity index (χ1n) is 5.87. The third kappa shape index (κ3) is 5.13. The summed E-state index contributed by atoms with van der Waals surface area (Å²) in [6.45, 7) is 9.78. The van der Waals surface area contributed by atoms with E-state index < -0.39 is 8.07 Å². The molecule has 0 aromatic carbocycles. The van der Waals surface area contributed by atoms with E-state index in [1.54, 1.807) is 0 Å². The van der Waals surface area contributed by atoms with Crippen molar-refractivity contribution in [3.05, 3.63) is 0 Å². The van der Waals surface area contributed by atoms with Crippen LogP contribution in [-0.4, -0.2) is 35.3 Å². The van der Waals surface area contributed by atoms with Gasteiger partial charge in [0.25, 0.3) is 0 Å². The minimum Gasteiger partial charge on any atom is -0.320 e. The number of rotatable bonds is 8. The molecule has 1 atom stereocenters. The van der Waals surface area contributed by atoms with Gasteiger partial charge in [0.1, 0.15) is 0 Å². The molecule has 0 spiro atoms. The molecular formula is C11H28N2Si. The minimum atomic E-state index is -0.993. The highest BCUT2D eigenvalue weighted by molar-refractivity contribution is 6.78. The third-order valence-electron chi connectivity index (χ3n) is 3.36. The zero-order valence-electron chi connectivity index (χ0n) is 10.6. The van der Waals surface area contributed by atoms with E-state index in [0.717, 1.165) is 5.54 Å². The van der Waals surface area contributed by atoms with Gasteiger partial charge in [-0.3, -0.25) is 0 Å². The quantitative estimate of drug-likeness (QED) is 0.609. The summed E-state index contributed by atoms with van der Waals surface area (Å²) in [6, 6.07) is 1.41. The van der Waals surface area contributed by atoms with E-state index in [4.69, 9.17) is 0 Å². The maximum atomic E-state index is 3.28. The SMILES string of the molecule is CCC(CCNC)[Si](C)(C)CCNC. The normalized spacial score (nSPS) is 14.4. The molecule has 0 bridgehead atoms. The molecule has 0 fully saturated rings. The van der Waals surface area contributed by atoms with Crippen LogP contribution in [0, 0.1) is 0 Å². The summed E-state index contributed by atoms with van der Waals surface area (Å²) in [4.78, 5) is 0. The lowest BCUT2D eigenvalue weighted by Gasteiger charge is -2.32. The Morgan fingerprint density at radius 1 is 1.07 bits per heavy atom. The molecule has 86 valence electrons. The monoisotopic (exact) mass is 216 g/mol. The van der Waals surface area contributed by atoms with Crippen LogP contribution < -0.4 is 10.6 Å². The van der Waals surface area contributed by atoms with Crippen LogP contribution >= 0.6 is 0 Å². The maximum Gasteiger partial charge on any atom is 0.0517 e. The van der Waals surface area contributed by atoms with Gasteiger partial charge in [0, 0.05) is 0 Å². The van der Waals surface area contributed by atoms with Crippen LogP contribution in [0.5, 0.6) is 0 Å². The Morgan fingerprint density at radius 3 is 2.07 bits per heavy atom. The van der Waals surface area contributed by atoms with Gasteiger partial charge in [-0.15, -0.1) is 0 Å². The molecule has 0 saturated carbocycles. The van der Waals surface area contributed by atoms with E-state index in [1.165, 1.54) is 32.0 Å². The van der Waals surface area contributed by atoms with Crippen molar-refractivity contribution in [2.24, 2.45) is 0 Å². The number of nitrogens with one attached hydrogen (secondary N) is 2. The van der Waals surface area contributed by atoms with Gasteiger partial charge in [0.15, 0.2) is 0 Å². The van der Waals surface area contributed by atoms with E-state index in [9.17, 15) is 0 Å². The van der Waals surface area contributed by atoms with E-state index in [-0.39, 0.29) is 0 Å². The van der Waals surface area contributed by atoms with Crippen molar-refractivity contribution in [2.45, 2.75) is 44.4 Å². The summed E-state index contributed by atoms with van der Waals surface area (Å²) in [5.74, 6) is 0. The van der Waals surface area contributed by atoms with Crippen molar-refractivity contribution in [1.82, 2.24) is 10.6 Å². The molecule has 0 saturated heterocycles. The largest absolute Gasteiger partial charge is 0.320 e. The predicted octanol–water partition coefficient (Wildman–Crippen LogP) is 2.30. The fourth-order valence-corrected chi connectivity index (χ4v) is 5.45. The second-order valence-electron chi connectivity index (χ2n) is 4.84. The van der Waals surface area contributed by atoms with Crippen molar-refractivity contribution in [3.8, 4) is 0 Å². The molecule has 0 radical (unpaired) electrons. The van der Waals surface area contributed by atoms with Crippen molar-refractivity contribution < 1.29 is 0 Å². The van der Waals surface area contributed by atoms with Crippen molar-refractivity contribution in [1.29, 1.82) is 0 Å². The van der Waals surface area contributed by atoms with Gasteiger partial charge in [-0.2, -0.15) is 0 Å². The molecule has 2 nitrogen and oxygen atoms in total. The Kier molecular flexibility index (Phi) is 7.50. The fraction of sp³-hybridized carbons (Fsp3) is 1.00. The number of hydrogen-bond acceptors (Lipinski definition) is 2. The molecule has 0 aliphatic rings. The lowest BCUT2D eigenvalue weighted by atomic mass is 10.2. The highest BCUT2D eigenvalue weighted by Crippen LogP contribution is 2.31. The minimum absolute atomic E-state index is 0.975. The van der Waals surface area contributed by atoms with Gasteiger partial charge in [-0.05, 0) is 45.2 Å². The van der Waals surface area contributed by atoms with Crippen LogP contribution in [0.2, 0.25) is 24.7 Å². The lowest BCUT2D eigenvalue weighted by molar-refractivity contribution is 0.642. The van der Waals surface area contributed by atoms with Crippen LogP contribution in [0.4, 0.5) is 0 Å². The molecule has 0 aliphatic heterocycles. The molecule has 0 heterocycles. The molecular weight excluding hydrogens is 188 g/mol. The standard InChI is InChI=1S/C11H28N2Si/c1-6-11(7-8-12-2)14(4,5)10-9-13-3/h11-13H,6-10H2,1-5H3. The third-order valence-corrected chi connectivity index (χ3v) is 7.81. The Hall–Kier alpha value is 0.137. The zero-order chi connectivity index (χ0) is 11.0. The van der Waals surface area contributed by atoms with Gasteiger partial charge in [0.05, 0.1) is 8.07 Å². The summed E-state index contributed by atoms with van der Waals surface area (Å²) in [5, 5.41) is 6.55. The van der Waals surface area contributed by atoms with Crippen LogP contribution in [0.3, 0.4) is 0 Å². The van der Waals surface area contributed by atoms with Gasteiger partial charge in [0.2, 0.25) is 0 Å². The van der Waals surface area contributed by atoms with Gasteiger partial charge in [-0.25, -0.2) is 0 Å². The topological polar surface area (TPSA) is 24.1 Å². The van der Waals surface area contributed by atoms with Gasteiger partial charge < -0.3 is 10.6 Å². The highest BCUT2D eigenvalue weighted by atomic mass is 28.3. The summed E-state index contributed by atoms with van der Waals surface area (Å²) in [7, 11) is 3.11. The zero-order valence-corrected chi connectivity index (χ0v) is 11.6. The smallest absolute Gasteiger partial charge is 0.0517 e. The second-order valence-corrected chi connectivity index (χ2v) is 10.1. The van der Waals surface area contributed by atoms with E-state index in [1.807, 2.05) is 0 Å². The lowest BCUT2D eigenvalue weighted by Crippen LogP contribution is -2.36. The Balaban J connectivity index is 4.03. The molecule has 0 aromatic heterocycles. The van der Waals surface area contributed by atoms with E-state index >= 15 is 0 Å². The van der Waals surface area contributed by atoms with E-state index in [0.29, 0.717) is 0 Å². The van der Waals surface area contributed by atoms with Crippen LogP contribution in [0.25, 0.3) is 0 Å². The molecule has 2 N–H and O–H groups in total. The van der Waals surface area contributed by atoms with Crippen LogP contribution in [-0.2, 0) is 0 Å². The van der Waals surface area contributed by atoms with Crippen LogP contribution in [0.1, 0.15) is 19.8 Å². The number of hydrogen-bond donors (Lipinski definition) is 2. The summed E-state index contributed by atoms with van der Waals surface area (Å²) in [6.07, 6.45) is 2.71. The fourth-order valence-electron chi connectivity index (χ4n) is 2.12. The molecule has 1 unspecified atom stereocenters. The van der Waals surface area contributed by atoms with Crippen molar-refractivity contribution in [2.75, 3.05) is 27.2 Å². The molecule has 0 rings (SSSR count). The highest BCUT2D eigenvalue weighted by Gasteiger charge is 2.28. The van der Waals surface area contributed by atoms with Gasteiger partial charge >= 0.3 is 0 Å². The summed E-state index contributed by atoms with van der Waals surface area (Å²) < 4.78 is 0. The molecule has 0 amide bonds. The Bertz CT molecular complexity index is 137.